The molecule has 20 heavy (non-hydrogen) atoms. The van der Waals surface area contributed by atoms with Crippen LogP contribution in [0.4, 0.5) is 4.79 Å². The Balaban J connectivity index is 0.00000200. The summed E-state index contributed by atoms with van der Waals surface area (Å²) in [5.41, 5.74) is 3.89. The Bertz CT molecular complexity index is 573. The van der Waals surface area contributed by atoms with Crippen molar-refractivity contribution in [2.45, 2.75) is 6.92 Å². The molecule has 0 saturated carbocycles. The van der Waals surface area contributed by atoms with Crippen LogP contribution in [0.2, 0.25) is 0 Å². The van der Waals surface area contributed by atoms with Gasteiger partial charge in [-0.25, -0.2) is 10.2 Å². The second kappa shape index (κ2) is 7.91. The molecule has 0 radical (unpaired) electrons. The minimum absolute atomic E-state index is 0. The van der Waals surface area contributed by atoms with Crippen LogP contribution in [-0.4, -0.2) is 16.8 Å². The van der Waals surface area contributed by atoms with Crippen LogP contribution in [0.1, 0.15) is 12.5 Å². The predicted molar refractivity (Wildman–Crippen MR) is 79.3 cm³/mol. The topological polar surface area (TPSA) is 63.6 Å². The Kier molecular flexibility index (Phi) is 6.19. The van der Waals surface area contributed by atoms with Crippen LogP contribution in [0, 0.1) is 0 Å². The van der Waals surface area contributed by atoms with E-state index < -0.39 is 6.09 Å². The number of benzene rings is 1. The lowest BCUT2D eigenvalue weighted by atomic mass is 10.2. The second-order valence-electron chi connectivity index (χ2n) is 3.75. The van der Waals surface area contributed by atoms with Gasteiger partial charge in [0.1, 0.15) is 5.75 Å². The van der Waals surface area contributed by atoms with E-state index in [1.807, 2.05) is 18.2 Å². The van der Waals surface area contributed by atoms with Crippen molar-refractivity contribution in [2.75, 3.05) is 0 Å². The first-order valence-electron chi connectivity index (χ1n) is 5.73. The largest absolute Gasteiger partial charge is 0.433 e. The number of nitrogens with one attached hydrogen (secondary N) is 1. The molecule has 5 nitrogen and oxygen atoms in total. The molecule has 1 aromatic heterocycles. The fourth-order valence-corrected chi connectivity index (χ4v) is 1.41. The molecule has 0 unspecified atom stereocenters. The van der Waals surface area contributed by atoms with E-state index in [1.54, 1.807) is 43.6 Å². The van der Waals surface area contributed by atoms with E-state index in [0.29, 0.717) is 11.5 Å². The number of carbonyl (C=O) groups is 1. The van der Waals surface area contributed by atoms with Crippen molar-refractivity contribution >= 4 is 24.2 Å². The summed E-state index contributed by atoms with van der Waals surface area (Å²) in [6.45, 7) is 1.79. The average Bonchev–Trinajstić information content (AvgIpc) is 2.47. The van der Waals surface area contributed by atoms with Gasteiger partial charge in [0.2, 0.25) is 0 Å². The molecule has 0 aliphatic heterocycles. The minimum Gasteiger partial charge on any atom is -0.409 e. The number of carbonyl (C=O) groups excluding carboxylic acids is 1. The predicted octanol–water partition coefficient (Wildman–Crippen LogP) is 3.02. The summed E-state index contributed by atoms with van der Waals surface area (Å²) < 4.78 is 5.03. The molecule has 1 N–H and O–H groups in total. The average molecular weight is 292 g/mol. The van der Waals surface area contributed by atoms with Crippen molar-refractivity contribution < 1.29 is 9.53 Å². The maximum atomic E-state index is 11.5. The van der Waals surface area contributed by atoms with Gasteiger partial charge in [0.15, 0.2) is 0 Å². The summed E-state index contributed by atoms with van der Waals surface area (Å²) in [7, 11) is 0. The van der Waals surface area contributed by atoms with Gasteiger partial charge in [0.25, 0.3) is 0 Å². The third kappa shape index (κ3) is 4.70. The minimum atomic E-state index is -0.625. The molecule has 104 valence electrons. The molecule has 0 fully saturated rings. The standard InChI is InChI=1S/C14H13N3O2.ClH/c1-11(12-7-9-15-10-8-12)16-17-14(18)19-13-5-3-2-4-6-13;/h2-10H,1H3,(H,17,18);1H. The fourth-order valence-electron chi connectivity index (χ4n) is 1.41. The number of rotatable bonds is 3. The van der Waals surface area contributed by atoms with Crippen LogP contribution >= 0.6 is 12.4 Å². The van der Waals surface area contributed by atoms with E-state index in [-0.39, 0.29) is 12.4 Å². The van der Waals surface area contributed by atoms with Gasteiger partial charge in [-0.05, 0) is 31.2 Å². The van der Waals surface area contributed by atoms with Gasteiger partial charge < -0.3 is 4.74 Å². The molecule has 0 aliphatic rings. The monoisotopic (exact) mass is 291 g/mol. The highest BCUT2D eigenvalue weighted by Crippen LogP contribution is 2.08. The quantitative estimate of drug-likeness (QED) is 0.698. The molecule has 1 amide bonds. The molecule has 0 saturated heterocycles. The third-order valence-corrected chi connectivity index (χ3v) is 2.37. The molecule has 1 heterocycles. The van der Waals surface area contributed by atoms with E-state index in [9.17, 15) is 4.79 Å². The number of hydrogen-bond donors (Lipinski definition) is 1. The van der Waals surface area contributed by atoms with Gasteiger partial charge in [-0.2, -0.15) is 5.10 Å². The number of ether oxygens (including phenoxy) is 1. The highest BCUT2D eigenvalue weighted by molar-refractivity contribution is 5.98. The number of pyridine rings is 1. The van der Waals surface area contributed by atoms with Crippen molar-refractivity contribution in [1.29, 1.82) is 0 Å². The lowest BCUT2D eigenvalue weighted by Crippen LogP contribution is -2.23. The van der Waals surface area contributed by atoms with Gasteiger partial charge in [0, 0.05) is 18.0 Å². The highest BCUT2D eigenvalue weighted by atomic mass is 35.5. The maximum absolute atomic E-state index is 11.5. The molecule has 2 aromatic rings. The Morgan fingerprint density at radius 2 is 1.80 bits per heavy atom. The first kappa shape index (κ1) is 15.7. The molecule has 0 atom stereocenters. The van der Waals surface area contributed by atoms with Crippen molar-refractivity contribution in [1.82, 2.24) is 10.4 Å². The summed E-state index contributed by atoms with van der Waals surface area (Å²) in [6.07, 6.45) is 2.70. The van der Waals surface area contributed by atoms with Gasteiger partial charge in [-0.1, -0.05) is 18.2 Å². The normalized spacial score (nSPS) is 10.3. The summed E-state index contributed by atoms with van der Waals surface area (Å²) in [6, 6.07) is 12.4. The van der Waals surface area contributed by atoms with Gasteiger partial charge in [-0.3, -0.25) is 4.98 Å². The van der Waals surface area contributed by atoms with Crippen LogP contribution < -0.4 is 10.2 Å². The van der Waals surface area contributed by atoms with Crippen LogP contribution in [0.3, 0.4) is 0 Å². The summed E-state index contributed by atoms with van der Waals surface area (Å²) in [4.78, 5) is 15.4. The SMILES string of the molecule is CC(=NNC(=O)Oc1ccccc1)c1ccncc1.Cl. The molecule has 0 spiro atoms. The Morgan fingerprint density at radius 3 is 2.45 bits per heavy atom. The van der Waals surface area contributed by atoms with Crippen molar-refractivity contribution in [2.24, 2.45) is 5.10 Å². The van der Waals surface area contributed by atoms with Crippen LogP contribution in [0.25, 0.3) is 0 Å². The van der Waals surface area contributed by atoms with E-state index in [2.05, 4.69) is 15.5 Å². The number of nitrogens with zero attached hydrogens (tertiary/aromatic N) is 2. The number of hydrazone groups is 1. The zero-order valence-corrected chi connectivity index (χ0v) is 11.6. The van der Waals surface area contributed by atoms with Crippen LogP contribution in [0.15, 0.2) is 60.0 Å². The zero-order chi connectivity index (χ0) is 13.5. The smallest absolute Gasteiger partial charge is 0.409 e. The Hall–Kier alpha value is -2.40. The Morgan fingerprint density at radius 1 is 1.15 bits per heavy atom. The summed E-state index contributed by atoms with van der Waals surface area (Å²) in [5.74, 6) is 0.469. The third-order valence-electron chi connectivity index (χ3n) is 2.37. The van der Waals surface area contributed by atoms with Crippen molar-refractivity contribution in [3.63, 3.8) is 0 Å². The lowest BCUT2D eigenvalue weighted by molar-refractivity contribution is 0.201. The van der Waals surface area contributed by atoms with Crippen molar-refractivity contribution in [3.8, 4) is 5.75 Å². The first-order valence-corrected chi connectivity index (χ1v) is 5.73. The number of para-hydroxylation sites is 1. The van der Waals surface area contributed by atoms with E-state index in [0.717, 1.165) is 5.56 Å². The van der Waals surface area contributed by atoms with Gasteiger partial charge in [-0.15, -0.1) is 12.4 Å². The van der Waals surface area contributed by atoms with Crippen LogP contribution in [-0.2, 0) is 0 Å². The van der Waals surface area contributed by atoms with E-state index in [4.69, 9.17) is 4.74 Å². The Labute approximate surface area is 123 Å². The number of amides is 1. The number of hydrogen-bond acceptors (Lipinski definition) is 4. The number of halogens is 1. The molecule has 1 aromatic carbocycles. The molecule has 0 aliphatic carbocycles. The second-order valence-corrected chi connectivity index (χ2v) is 3.75. The molecule has 6 heteroatoms. The summed E-state index contributed by atoms with van der Waals surface area (Å²) in [5, 5.41) is 3.95. The van der Waals surface area contributed by atoms with Gasteiger partial charge >= 0.3 is 6.09 Å². The molecule has 2 rings (SSSR count). The lowest BCUT2D eigenvalue weighted by Gasteiger charge is -2.04. The zero-order valence-electron chi connectivity index (χ0n) is 10.8. The van der Waals surface area contributed by atoms with E-state index >= 15 is 0 Å². The fraction of sp³-hybridized carbons (Fsp3) is 0.0714. The summed E-state index contributed by atoms with van der Waals surface area (Å²) >= 11 is 0. The van der Waals surface area contributed by atoms with Crippen LogP contribution in [0.5, 0.6) is 5.75 Å². The molecular formula is C14H14ClN3O2. The molecular weight excluding hydrogens is 278 g/mol. The maximum Gasteiger partial charge on any atom is 0.433 e. The van der Waals surface area contributed by atoms with Gasteiger partial charge in [0.05, 0.1) is 5.71 Å². The van der Waals surface area contributed by atoms with E-state index in [1.165, 1.54) is 0 Å². The van der Waals surface area contributed by atoms with Crippen molar-refractivity contribution in [3.05, 3.63) is 60.4 Å². The first-order chi connectivity index (χ1) is 9.25. The molecule has 0 bridgehead atoms. The highest BCUT2D eigenvalue weighted by Gasteiger charge is 2.03. The number of aromatic nitrogens is 1.